The Morgan fingerprint density at radius 2 is 2.10 bits per heavy atom. The Morgan fingerprint density at radius 3 is 2.81 bits per heavy atom. The van der Waals surface area contributed by atoms with E-state index in [0.717, 1.165) is 5.75 Å². The molecule has 2 rings (SSSR count). The molecule has 1 aromatic carbocycles. The van der Waals surface area contributed by atoms with Crippen molar-refractivity contribution < 1.29 is 0 Å². The van der Waals surface area contributed by atoms with Gasteiger partial charge < -0.3 is 5.32 Å². The number of pyridine rings is 1. The second kappa shape index (κ2) is 8.61. The largest absolute Gasteiger partial charge is 0.354 e. The lowest BCUT2D eigenvalue weighted by Crippen LogP contribution is -2.35. The number of hydrogen-bond acceptors (Lipinski definition) is 4. The van der Waals surface area contributed by atoms with Gasteiger partial charge in [0, 0.05) is 23.4 Å². The summed E-state index contributed by atoms with van der Waals surface area (Å²) in [5.41, 5.74) is 0.693. The van der Waals surface area contributed by atoms with Gasteiger partial charge in [-0.05, 0) is 24.3 Å². The monoisotopic (exact) mass is 297 g/mol. The van der Waals surface area contributed by atoms with Crippen LogP contribution in [0, 0.1) is 11.5 Å². The van der Waals surface area contributed by atoms with Crippen LogP contribution in [-0.4, -0.2) is 23.2 Å². The molecule has 0 bridgehead atoms. The molecule has 6 heteroatoms. The van der Waals surface area contributed by atoms with E-state index in [4.69, 9.17) is 5.26 Å². The van der Waals surface area contributed by atoms with Gasteiger partial charge in [-0.15, -0.1) is 11.8 Å². The average Bonchev–Trinajstić information content (AvgIpc) is 2.54. The minimum atomic E-state index is 0.430. The van der Waals surface area contributed by atoms with E-state index in [1.165, 1.54) is 4.90 Å². The third-order valence-corrected chi connectivity index (χ3v) is 3.48. The van der Waals surface area contributed by atoms with Gasteiger partial charge in [-0.25, -0.2) is 4.99 Å². The predicted molar refractivity (Wildman–Crippen MR) is 85.2 cm³/mol. The molecule has 0 unspecified atom stereocenters. The second-order valence-electron chi connectivity index (χ2n) is 4.00. The van der Waals surface area contributed by atoms with E-state index in [0.29, 0.717) is 18.2 Å². The quantitative estimate of drug-likeness (QED) is 0.221. The Bertz CT molecular complexity index is 607. The fourth-order valence-electron chi connectivity index (χ4n) is 1.57. The molecule has 0 radical (unpaired) electrons. The Labute approximate surface area is 128 Å². The van der Waals surface area contributed by atoms with Crippen LogP contribution in [0.25, 0.3) is 0 Å². The van der Waals surface area contributed by atoms with Crippen molar-refractivity contribution in [1.82, 2.24) is 15.6 Å². The van der Waals surface area contributed by atoms with Gasteiger partial charge in [0.2, 0.25) is 5.96 Å². The molecule has 0 aliphatic heterocycles. The van der Waals surface area contributed by atoms with E-state index in [-0.39, 0.29) is 0 Å². The lowest BCUT2D eigenvalue weighted by atomic mass is 10.4. The molecule has 1 heterocycles. The minimum Gasteiger partial charge on any atom is -0.354 e. The second-order valence-corrected chi connectivity index (χ2v) is 5.17. The summed E-state index contributed by atoms with van der Waals surface area (Å²) in [7, 11) is 0. The Kier molecular flexibility index (Phi) is 6.10. The van der Waals surface area contributed by atoms with Crippen molar-refractivity contribution in [3.63, 3.8) is 0 Å². The maximum Gasteiger partial charge on any atom is 0.210 e. The normalized spacial score (nSPS) is 10.7. The molecule has 2 aromatic rings. The third-order valence-electron chi connectivity index (χ3n) is 2.47. The number of benzene rings is 1. The highest BCUT2D eigenvalue weighted by Gasteiger charge is 1.99. The van der Waals surface area contributed by atoms with E-state index < -0.39 is 0 Å². The van der Waals surface area contributed by atoms with Crippen LogP contribution in [0.2, 0.25) is 0 Å². The van der Waals surface area contributed by atoms with Crippen LogP contribution in [0.15, 0.2) is 64.7 Å². The molecule has 0 saturated carbocycles. The molecule has 0 fully saturated rings. The first kappa shape index (κ1) is 14.9. The molecular weight excluding hydrogens is 282 g/mol. The van der Waals surface area contributed by atoms with Crippen LogP contribution in [0.5, 0.6) is 0 Å². The SMILES string of the molecule is N#CNC(=Nc1cccnc1)NCCSc1ccccc1. The average molecular weight is 297 g/mol. The number of thioether (sulfide) groups is 1. The van der Waals surface area contributed by atoms with Gasteiger partial charge in [-0.1, -0.05) is 18.2 Å². The van der Waals surface area contributed by atoms with Crippen LogP contribution < -0.4 is 10.6 Å². The first-order valence-corrected chi connectivity index (χ1v) is 7.42. The number of aliphatic imine (C=N–C) groups is 1. The molecule has 1 aromatic heterocycles. The number of nitriles is 1. The van der Waals surface area contributed by atoms with Crippen LogP contribution in [-0.2, 0) is 0 Å². The maximum absolute atomic E-state index is 8.75. The van der Waals surface area contributed by atoms with Crippen molar-refractivity contribution in [2.45, 2.75) is 4.90 Å². The summed E-state index contributed by atoms with van der Waals surface area (Å²) in [6.45, 7) is 0.702. The summed E-state index contributed by atoms with van der Waals surface area (Å²) in [4.78, 5) is 9.50. The van der Waals surface area contributed by atoms with Gasteiger partial charge in [-0.3, -0.25) is 10.3 Å². The highest BCUT2D eigenvalue weighted by atomic mass is 32.2. The molecule has 0 saturated heterocycles. The summed E-state index contributed by atoms with van der Waals surface area (Å²) in [6, 6.07) is 13.8. The van der Waals surface area contributed by atoms with Crippen molar-refractivity contribution >= 4 is 23.4 Å². The van der Waals surface area contributed by atoms with Gasteiger partial charge in [0.25, 0.3) is 0 Å². The Morgan fingerprint density at radius 1 is 1.24 bits per heavy atom. The van der Waals surface area contributed by atoms with Gasteiger partial charge in [0.05, 0.1) is 11.9 Å². The highest BCUT2D eigenvalue weighted by Crippen LogP contribution is 2.15. The lowest BCUT2D eigenvalue weighted by Gasteiger charge is -2.07. The number of rotatable bonds is 5. The molecule has 0 atom stereocenters. The molecule has 106 valence electrons. The summed E-state index contributed by atoms with van der Waals surface area (Å²) < 4.78 is 0. The summed E-state index contributed by atoms with van der Waals surface area (Å²) >= 11 is 1.75. The fourth-order valence-corrected chi connectivity index (χ4v) is 2.36. The molecule has 21 heavy (non-hydrogen) atoms. The predicted octanol–water partition coefficient (Wildman–Crippen LogP) is 2.52. The third kappa shape index (κ3) is 5.55. The van der Waals surface area contributed by atoms with Gasteiger partial charge in [-0.2, -0.15) is 5.26 Å². The molecule has 0 amide bonds. The molecule has 0 spiro atoms. The topological polar surface area (TPSA) is 73.1 Å². The van der Waals surface area contributed by atoms with Crippen LogP contribution in [0.3, 0.4) is 0 Å². The molecular formula is C15H15N5S. The molecule has 0 aliphatic carbocycles. The summed E-state index contributed by atoms with van der Waals surface area (Å²) in [6.07, 6.45) is 5.20. The van der Waals surface area contributed by atoms with Crippen LogP contribution >= 0.6 is 11.8 Å². The summed E-state index contributed by atoms with van der Waals surface area (Å²) in [5.74, 6) is 1.31. The smallest absolute Gasteiger partial charge is 0.210 e. The maximum atomic E-state index is 8.75. The summed E-state index contributed by atoms with van der Waals surface area (Å²) in [5, 5.41) is 14.4. The number of nitrogens with zero attached hydrogens (tertiary/aromatic N) is 3. The van der Waals surface area contributed by atoms with Crippen molar-refractivity contribution in [3.8, 4) is 6.19 Å². The molecule has 5 nitrogen and oxygen atoms in total. The Balaban J connectivity index is 1.83. The van der Waals surface area contributed by atoms with Crippen molar-refractivity contribution in [2.24, 2.45) is 4.99 Å². The van der Waals surface area contributed by atoms with Crippen molar-refractivity contribution in [3.05, 3.63) is 54.9 Å². The van der Waals surface area contributed by atoms with E-state index in [1.807, 2.05) is 30.5 Å². The first-order chi connectivity index (χ1) is 10.4. The van der Waals surface area contributed by atoms with Gasteiger partial charge in [0.15, 0.2) is 6.19 Å². The van der Waals surface area contributed by atoms with Crippen molar-refractivity contribution in [1.29, 1.82) is 5.26 Å². The number of guanidine groups is 1. The number of nitrogens with one attached hydrogen (secondary N) is 2. The van der Waals surface area contributed by atoms with Gasteiger partial charge >= 0.3 is 0 Å². The zero-order chi connectivity index (χ0) is 14.8. The van der Waals surface area contributed by atoms with Crippen molar-refractivity contribution in [2.75, 3.05) is 12.3 Å². The number of hydrogen-bond donors (Lipinski definition) is 2. The molecule has 0 aliphatic rings. The highest BCUT2D eigenvalue weighted by molar-refractivity contribution is 7.99. The number of aromatic nitrogens is 1. The first-order valence-electron chi connectivity index (χ1n) is 6.44. The standard InChI is InChI=1S/C15H15N5S/c16-12-19-15(20-13-5-4-8-17-11-13)18-9-10-21-14-6-2-1-3-7-14/h1-8,11H,9-10H2,(H2,18,19,20). The zero-order valence-electron chi connectivity index (χ0n) is 11.4. The Hall–Kier alpha value is -2.52. The van der Waals surface area contributed by atoms with E-state index in [2.05, 4.69) is 32.7 Å². The minimum absolute atomic E-state index is 0.430. The van der Waals surface area contributed by atoms with Gasteiger partial charge in [0.1, 0.15) is 0 Å². The van der Waals surface area contributed by atoms with E-state index >= 15 is 0 Å². The zero-order valence-corrected chi connectivity index (χ0v) is 12.2. The lowest BCUT2D eigenvalue weighted by molar-refractivity contribution is 0.935. The fraction of sp³-hybridized carbons (Fsp3) is 0.133. The van der Waals surface area contributed by atoms with Crippen LogP contribution in [0.1, 0.15) is 0 Å². The molecule has 2 N–H and O–H groups in total. The van der Waals surface area contributed by atoms with E-state index in [9.17, 15) is 0 Å². The van der Waals surface area contributed by atoms with Crippen LogP contribution in [0.4, 0.5) is 5.69 Å². The van der Waals surface area contributed by atoms with E-state index in [1.54, 1.807) is 30.2 Å².